The first-order valence-corrected chi connectivity index (χ1v) is 9.50. The minimum atomic E-state index is -3.73. The van der Waals surface area contributed by atoms with Crippen LogP contribution in [0, 0.1) is 6.92 Å². The maximum Gasteiger partial charge on any atom is 0.262 e. The van der Waals surface area contributed by atoms with Crippen molar-refractivity contribution in [2.24, 2.45) is 0 Å². The van der Waals surface area contributed by atoms with Crippen LogP contribution < -0.4 is 4.72 Å². The van der Waals surface area contributed by atoms with Gasteiger partial charge in [0.15, 0.2) is 0 Å². The van der Waals surface area contributed by atoms with Crippen molar-refractivity contribution in [1.82, 2.24) is 0 Å². The van der Waals surface area contributed by atoms with Crippen molar-refractivity contribution in [3.8, 4) is 0 Å². The van der Waals surface area contributed by atoms with Gasteiger partial charge in [-0.3, -0.25) is 4.72 Å². The van der Waals surface area contributed by atoms with E-state index in [2.05, 4.69) is 20.7 Å². The Kier molecular flexibility index (Phi) is 4.36. The molecule has 0 saturated heterocycles. The van der Waals surface area contributed by atoms with E-state index in [9.17, 15) is 8.42 Å². The zero-order valence-electron chi connectivity index (χ0n) is 12.2. The smallest absolute Gasteiger partial charge is 0.262 e. The van der Waals surface area contributed by atoms with E-state index in [0.29, 0.717) is 16.1 Å². The highest BCUT2D eigenvalue weighted by Crippen LogP contribution is 2.31. The summed E-state index contributed by atoms with van der Waals surface area (Å²) in [5.41, 5.74) is 1.28. The molecule has 0 aromatic heterocycles. The summed E-state index contributed by atoms with van der Waals surface area (Å²) in [7, 11) is -3.73. The van der Waals surface area contributed by atoms with Crippen LogP contribution in [0.3, 0.4) is 0 Å². The van der Waals surface area contributed by atoms with Gasteiger partial charge in [-0.2, -0.15) is 0 Å². The van der Waals surface area contributed by atoms with Gasteiger partial charge >= 0.3 is 0 Å². The molecule has 0 saturated carbocycles. The molecule has 0 fully saturated rings. The Morgan fingerprint density at radius 3 is 2.43 bits per heavy atom. The van der Waals surface area contributed by atoms with E-state index in [1.54, 1.807) is 36.4 Å². The number of hydrogen-bond acceptors (Lipinski definition) is 2. The highest BCUT2D eigenvalue weighted by atomic mass is 79.9. The molecule has 6 heteroatoms. The van der Waals surface area contributed by atoms with Crippen LogP contribution in [0.25, 0.3) is 10.8 Å². The van der Waals surface area contributed by atoms with Gasteiger partial charge in [0.1, 0.15) is 0 Å². The molecule has 0 aliphatic carbocycles. The Morgan fingerprint density at radius 2 is 1.70 bits per heavy atom. The maximum atomic E-state index is 12.8. The first-order chi connectivity index (χ1) is 10.9. The van der Waals surface area contributed by atoms with Crippen molar-refractivity contribution in [2.45, 2.75) is 11.8 Å². The number of benzene rings is 3. The molecule has 3 rings (SSSR count). The summed E-state index contributed by atoms with van der Waals surface area (Å²) < 4.78 is 29.1. The molecule has 3 nitrogen and oxygen atoms in total. The van der Waals surface area contributed by atoms with Gasteiger partial charge in [-0.15, -0.1) is 0 Å². The number of rotatable bonds is 3. The lowest BCUT2D eigenvalue weighted by molar-refractivity contribution is 0.602. The first-order valence-electron chi connectivity index (χ1n) is 6.85. The summed E-state index contributed by atoms with van der Waals surface area (Å²) >= 11 is 9.42. The van der Waals surface area contributed by atoms with E-state index in [1.807, 2.05) is 25.1 Å². The molecule has 0 aliphatic heterocycles. The van der Waals surface area contributed by atoms with Crippen LogP contribution in [0.1, 0.15) is 5.56 Å². The summed E-state index contributed by atoms with van der Waals surface area (Å²) in [5.74, 6) is 0. The molecule has 0 bridgehead atoms. The minimum absolute atomic E-state index is 0.232. The monoisotopic (exact) mass is 409 g/mol. The Morgan fingerprint density at radius 1 is 1.00 bits per heavy atom. The lowest BCUT2D eigenvalue weighted by Crippen LogP contribution is -2.14. The summed E-state index contributed by atoms with van der Waals surface area (Å²) in [6, 6.07) is 15.8. The van der Waals surface area contributed by atoms with Gasteiger partial charge in [0.2, 0.25) is 0 Å². The predicted octanol–water partition coefficient (Wildman–Crippen LogP) is 5.36. The molecule has 0 spiro atoms. The molecule has 3 aromatic rings. The van der Waals surface area contributed by atoms with Crippen molar-refractivity contribution < 1.29 is 8.42 Å². The number of nitrogens with one attached hydrogen (secondary N) is 1. The van der Waals surface area contributed by atoms with E-state index in [-0.39, 0.29) is 4.90 Å². The number of sulfonamides is 1. The Labute approximate surface area is 148 Å². The average molecular weight is 411 g/mol. The van der Waals surface area contributed by atoms with Crippen LogP contribution >= 0.6 is 27.5 Å². The molecule has 0 amide bonds. The topological polar surface area (TPSA) is 46.2 Å². The predicted molar refractivity (Wildman–Crippen MR) is 98.6 cm³/mol. The number of hydrogen-bond donors (Lipinski definition) is 1. The van der Waals surface area contributed by atoms with E-state index in [0.717, 1.165) is 15.4 Å². The van der Waals surface area contributed by atoms with Gasteiger partial charge in [0, 0.05) is 14.9 Å². The molecule has 0 unspecified atom stereocenters. The van der Waals surface area contributed by atoms with E-state index >= 15 is 0 Å². The fourth-order valence-electron chi connectivity index (χ4n) is 2.37. The van der Waals surface area contributed by atoms with Crippen molar-refractivity contribution in [1.29, 1.82) is 0 Å². The van der Waals surface area contributed by atoms with Crippen LogP contribution in [-0.4, -0.2) is 8.42 Å². The SMILES string of the molecule is Cc1ccc(Cl)cc1NS(=O)(=O)c1ccc(Br)c2ccccc12. The molecular weight excluding hydrogens is 398 g/mol. The van der Waals surface area contributed by atoms with Crippen molar-refractivity contribution in [3.63, 3.8) is 0 Å². The van der Waals surface area contributed by atoms with Crippen LogP contribution in [0.15, 0.2) is 64.0 Å². The molecule has 118 valence electrons. The molecule has 3 aromatic carbocycles. The fraction of sp³-hybridized carbons (Fsp3) is 0.0588. The summed E-state index contributed by atoms with van der Waals surface area (Å²) in [6.07, 6.45) is 0. The lowest BCUT2D eigenvalue weighted by Gasteiger charge is -2.13. The standard InChI is InChI=1S/C17H13BrClNO2S/c1-11-6-7-12(19)10-16(11)20-23(21,22)17-9-8-15(18)13-4-2-3-5-14(13)17/h2-10,20H,1H3. The summed E-state index contributed by atoms with van der Waals surface area (Å²) in [4.78, 5) is 0.232. The number of anilines is 1. The molecule has 23 heavy (non-hydrogen) atoms. The van der Waals surface area contributed by atoms with Gasteiger partial charge in [0.05, 0.1) is 10.6 Å². The first kappa shape index (κ1) is 16.3. The quantitative estimate of drug-likeness (QED) is 0.631. The van der Waals surface area contributed by atoms with Crippen LogP contribution in [0.4, 0.5) is 5.69 Å². The zero-order valence-corrected chi connectivity index (χ0v) is 15.3. The third-order valence-corrected chi connectivity index (χ3v) is 5.91. The number of fused-ring (bicyclic) bond motifs is 1. The van der Waals surface area contributed by atoms with Gasteiger partial charge in [0.25, 0.3) is 10.0 Å². The van der Waals surface area contributed by atoms with Crippen molar-refractivity contribution >= 4 is 54.0 Å². The van der Waals surface area contributed by atoms with Crippen molar-refractivity contribution in [2.75, 3.05) is 4.72 Å². The van der Waals surface area contributed by atoms with E-state index in [1.165, 1.54) is 0 Å². The second kappa shape index (κ2) is 6.15. The molecule has 0 heterocycles. The Hall–Kier alpha value is -1.56. The van der Waals surface area contributed by atoms with Gasteiger partial charge in [-0.1, -0.05) is 57.9 Å². The van der Waals surface area contributed by atoms with E-state index < -0.39 is 10.0 Å². The highest BCUT2D eigenvalue weighted by molar-refractivity contribution is 9.10. The zero-order chi connectivity index (χ0) is 16.6. The Bertz CT molecular complexity index is 1000. The second-order valence-corrected chi connectivity index (χ2v) is 8.10. The maximum absolute atomic E-state index is 12.8. The summed E-state index contributed by atoms with van der Waals surface area (Å²) in [5, 5.41) is 1.99. The normalized spacial score (nSPS) is 11.6. The number of aryl methyl sites for hydroxylation is 1. The summed E-state index contributed by atoms with van der Waals surface area (Å²) in [6.45, 7) is 1.83. The van der Waals surface area contributed by atoms with Crippen LogP contribution in [0.5, 0.6) is 0 Å². The molecule has 1 N–H and O–H groups in total. The minimum Gasteiger partial charge on any atom is -0.279 e. The average Bonchev–Trinajstić information content (AvgIpc) is 2.51. The highest BCUT2D eigenvalue weighted by Gasteiger charge is 2.19. The van der Waals surface area contributed by atoms with Gasteiger partial charge in [-0.05, 0) is 42.1 Å². The van der Waals surface area contributed by atoms with E-state index in [4.69, 9.17) is 11.6 Å². The Balaban J connectivity index is 2.14. The van der Waals surface area contributed by atoms with Gasteiger partial charge in [-0.25, -0.2) is 8.42 Å². The van der Waals surface area contributed by atoms with Crippen LogP contribution in [-0.2, 0) is 10.0 Å². The third kappa shape index (κ3) is 3.22. The number of halogens is 2. The molecule has 0 radical (unpaired) electrons. The third-order valence-electron chi connectivity index (χ3n) is 3.56. The van der Waals surface area contributed by atoms with Crippen LogP contribution in [0.2, 0.25) is 5.02 Å². The molecular formula is C17H13BrClNO2S. The van der Waals surface area contributed by atoms with Crippen molar-refractivity contribution in [3.05, 3.63) is 69.7 Å². The largest absolute Gasteiger partial charge is 0.279 e. The second-order valence-electron chi connectivity index (χ2n) is 5.16. The van der Waals surface area contributed by atoms with Gasteiger partial charge < -0.3 is 0 Å². The molecule has 0 aliphatic rings. The fourth-order valence-corrected chi connectivity index (χ4v) is 4.36. The molecule has 0 atom stereocenters. The lowest BCUT2D eigenvalue weighted by atomic mass is 10.1.